The standard InChI is InChI=1S/C8H13I2/c1-5-2-7-3-6(5)4-8(7)10-9/h5-8H,2-4H2,1H3/q-1. The molecule has 0 nitrogen and oxygen atoms in total. The van der Waals surface area contributed by atoms with Gasteiger partial charge in [-0.15, -0.1) is 0 Å². The molecule has 2 aliphatic carbocycles. The van der Waals surface area contributed by atoms with Gasteiger partial charge in [-0.2, -0.15) is 0 Å². The molecule has 2 heteroatoms. The Labute approximate surface area is 83.0 Å². The molecule has 10 heavy (non-hydrogen) atoms. The molecule has 2 aliphatic rings. The predicted octanol–water partition coefficient (Wildman–Crippen LogP) is -0.140. The minimum absolute atomic E-state index is 0.538. The summed E-state index contributed by atoms with van der Waals surface area (Å²) in [6, 6.07) is 0. The average molecular weight is 363 g/mol. The van der Waals surface area contributed by atoms with E-state index in [0.717, 1.165) is 11.8 Å². The summed E-state index contributed by atoms with van der Waals surface area (Å²) in [6.45, 7) is 2.45. The molecule has 0 amide bonds. The first-order valence-corrected chi connectivity index (χ1v) is 11.6. The van der Waals surface area contributed by atoms with Gasteiger partial charge in [0.1, 0.15) is 0 Å². The molecule has 0 aromatic rings. The van der Waals surface area contributed by atoms with Crippen molar-refractivity contribution < 1.29 is 17.2 Å². The van der Waals surface area contributed by atoms with Crippen LogP contribution in [0.2, 0.25) is 0 Å². The second-order valence-corrected chi connectivity index (χ2v) is 9.03. The monoisotopic (exact) mass is 363 g/mol. The van der Waals surface area contributed by atoms with Crippen molar-refractivity contribution in [2.24, 2.45) is 17.8 Å². The minimum atomic E-state index is 0.538. The molecule has 2 saturated carbocycles. The molecule has 4 atom stereocenters. The maximum absolute atomic E-state index is 2.67. The van der Waals surface area contributed by atoms with Gasteiger partial charge in [0.05, 0.1) is 0 Å². The van der Waals surface area contributed by atoms with Crippen LogP contribution in [-0.2, 0) is 0 Å². The quantitative estimate of drug-likeness (QED) is 0.450. The van der Waals surface area contributed by atoms with Crippen molar-refractivity contribution in [2.45, 2.75) is 30.1 Å². The molecule has 0 N–H and O–H groups in total. The van der Waals surface area contributed by atoms with E-state index in [9.17, 15) is 0 Å². The van der Waals surface area contributed by atoms with Crippen LogP contribution in [0.25, 0.3) is 0 Å². The third kappa shape index (κ3) is 1.23. The molecule has 0 aromatic carbocycles. The van der Waals surface area contributed by atoms with Crippen molar-refractivity contribution in [3.05, 3.63) is 0 Å². The fourth-order valence-electron chi connectivity index (χ4n) is 2.59. The van der Waals surface area contributed by atoms with Crippen LogP contribution in [0.1, 0.15) is 26.2 Å². The average Bonchev–Trinajstić information content (AvgIpc) is 2.44. The molecule has 2 bridgehead atoms. The Bertz CT molecular complexity index is 133. The molecule has 4 unspecified atom stereocenters. The topological polar surface area (TPSA) is 0 Å². The van der Waals surface area contributed by atoms with Gasteiger partial charge in [0.25, 0.3) is 0 Å². The van der Waals surface area contributed by atoms with Gasteiger partial charge in [-0.05, 0) is 0 Å². The van der Waals surface area contributed by atoms with E-state index in [2.05, 4.69) is 25.5 Å². The molecular formula is C8H13I2-. The molecule has 0 heterocycles. The molecular weight excluding hydrogens is 350 g/mol. The first-order chi connectivity index (χ1) is 4.81. The van der Waals surface area contributed by atoms with E-state index in [1.54, 1.807) is 19.3 Å². The van der Waals surface area contributed by atoms with Gasteiger partial charge >= 0.3 is 83.7 Å². The Morgan fingerprint density at radius 2 is 2.00 bits per heavy atom. The molecule has 0 radical (unpaired) electrons. The van der Waals surface area contributed by atoms with Crippen LogP contribution >= 0.6 is 18.6 Å². The van der Waals surface area contributed by atoms with E-state index in [0.29, 0.717) is 17.2 Å². The van der Waals surface area contributed by atoms with E-state index >= 15 is 0 Å². The van der Waals surface area contributed by atoms with Crippen LogP contribution in [0.3, 0.4) is 0 Å². The van der Waals surface area contributed by atoms with Gasteiger partial charge in [0.15, 0.2) is 0 Å². The Hall–Kier alpha value is 1.46. The fraction of sp³-hybridized carbons (Fsp3) is 1.00. The maximum atomic E-state index is 2.67. The number of alkyl halides is 1. The zero-order chi connectivity index (χ0) is 7.14. The first kappa shape index (κ1) is 8.08. The van der Waals surface area contributed by atoms with Crippen molar-refractivity contribution in [1.29, 1.82) is 0 Å². The van der Waals surface area contributed by atoms with Crippen LogP contribution in [0.5, 0.6) is 0 Å². The van der Waals surface area contributed by atoms with E-state index in [1.165, 1.54) is 9.84 Å². The van der Waals surface area contributed by atoms with Crippen LogP contribution < -0.4 is 17.2 Å². The van der Waals surface area contributed by atoms with Crippen molar-refractivity contribution in [2.75, 3.05) is 0 Å². The summed E-state index contributed by atoms with van der Waals surface area (Å²) < 4.78 is 1.21. The van der Waals surface area contributed by atoms with Crippen molar-refractivity contribution >= 4 is 18.6 Å². The number of rotatable bonds is 1. The summed E-state index contributed by atoms with van der Waals surface area (Å²) in [5.74, 6) is 3.39. The SMILES string of the molecule is CC1CC2CC1CC2[I-]I. The third-order valence-electron chi connectivity index (χ3n) is 3.23. The van der Waals surface area contributed by atoms with Gasteiger partial charge in [-0.3, -0.25) is 0 Å². The van der Waals surface area contributed by atoms with Crippen molar-refractivity contribution in [3.8, 4) is 0 Å². The van der Waals surface area contributed by atoms with Gasteiger partial charge in [-0.1, -0.05) is 0 Å². The summed E-state index contributed by atoms with van der Waals surface area (Å²) >= 11 is 3.20. The molecule has 0 aromatic heterocycles. The number of hydrogen-bond acceptors (Lipinski definition) is 0. The fourth-order valence-corrected chi connectivity index (χ4v) is 8.28. The van der Waals surface area contributed by atoms with Crippen molar-refractivity contribution in [3.63, 3.8) is 0 Å². The van der Waals surface area contributed by atoms with Gasteiger partial charge in [0, 0.05) is 0 Å². The zero-order valence-electron chi connectivity index (χ0n) is 6.19. The van der Waals surface area contributed by atoms with E-state index < -0.39 is 0 Å². The first-order valence-electron chi connectivity index (χ1n) is 4.05. The molecule has 0 aliphatic heterocycles. The summed E-state index contributed by atoms with van der Waals surface area (Å²) in [6.07, 6.45) is 4.76. The van der Waals surface area contributed by atoms with Gasteiger partial charge < -0.3 is 0 Å². The van der Waals surface area contributed by atoms with Crippen LogP contribution in [0.4, 0.5) is 0 Å². The Balaban J connectivity index is 2.02. The number of hydrogen-bond donors (Lipinski definition) is 0. The Morgan fingerprint density at radius 1 is 1.20 bits per heavy atom. The van der Waals surface area contributed by atoms with E-state index in [1.807, 2.05) is 0 Å². The second-order valence-electron chi connectivity index (χ2n) is 3.80. The molecule has 2 fully saturated rings. The third-order valence-corrected chi connectivity index (χ3v) is 9.42. The van der Waals surface area contributed by atoms with Gasteiger partial charge in [0.2, 0.25) is 0 Å². The summed E-state index contributed by atoms with van der Waals surface area (Å²) in [4.78, 5) is 0. The predicted molar refractivity (Wildman–Crippen MR) is 47.8 cm³/mol. The zero-order valence-corrected chi connectivity index (χ0v) is 10.5. The summed E-state index contributed by atoms with van der Waals surface area (Å²) in [5, 5.41) is 0. The van der Waals surface area contributed by atoms with Crippen molar-refractivity contribution in [1.82, 2.24) is 0 Å². The van der Waals surface area contributed by atoms with Gasteiger partial charge in [-0.25, -0.2) is 0 Å². The van der Waals surface area contributed by atoms with Crippen LogP contribution in [-0.4, -0.2) is 3.92 Å². The van der Waals surface area contributed by atoms with Crippen LogP contribution in [0.15, 0.2) is 0 Å². The van der Waals surface area contributed by atoms with E-state index in [4.69, 9.17) is 0 Å². The van der Waals surface area contributed by atoms with E-state index in [-0.39, 0.29) is 0 Å². The molecule has 0 saturated heterocycles. The summed E-state index contributed by atoms with van der Waals surface area (Å²) in [5.41, 5.74) is 0. The Morgan fingerprint density at radius 3 is 2.40 bits per heavy atom. The second kappa shape index (κ2) is 3.07. The van der Waals surface area contributed by atoms with Crippen LogP contribution in [0, 0.1) is 17.8 Å². The summed E-state index contributed by atoms with van der Waals surface area (Å²) in [7, 11) is 0. The number of halogens is 2. The normalized spacial score (nSPS) is 52.6. The molecule has 60 valence electrons. The Kier molecular flexibility index (Phi) is 2.48. The molecule has 2 rings (SSSR count). The number of fused-ring (bicyclic) bond motifs is 2. The molecule has 0 spiro atoms.